The van der Waals surface area contributed by atoms with Crippen LogP contribution >= 0.6 is 0 Å². The van der Waals surface area contributed by atoms with Gasteiger partial charge in [0.25, 0.3) is 0 Å². The van der Waals surface area contributed by atoms with Crippen molar-refractivity contribution in [1.29, 1.82) is 0 Å². The molecule has 24 heavy (non-hydrogen) atoms. The van der Waals surface area contributed by atoms with E-state index in [1.54, 1.807) is 24.2 Å². The predicted molar refractivity (Wildman–Crippen MR) is 95.2 cm³/mol. The zero-order valence-electron chi connectivity index (χ0n) is 14.4. The first-order chi connectivity index (χ1) is 11.6. The van der Waals surface area contributed by atoms with Gasteiger partial charge in [0, 0.05) is 31.2 Å². The highest BCUT2D eigenvalue weighted by Gasteiger charge is 2.19. The third-order valence-corrected chi connectivity index (χ3v) is 4.81. The van der Waals surface area contributed by atoms with Gasteiger partial charge in [-0.2, -0.15) is 0 Å². The van der Waals surface area contributed by atoms with E-state index in [1.165, 1.54) is 12.8 Å². The topological polar surface area (TPSA) is 45.7 Å². The Hall–Kier alpha value is -2.14. The number of nitrogens with zero attached hydrogens (tertiary/aromatic N) is 3. The Morgan fingerprint density at radius 2 is 2.12 bits per heavy atom. The van der Waals surface area contributed by atoms with Gasteiger partial charge in [0.1, 0.15) is 5.75 Å². The lowest BCUT2D eigenvalue weighted by Gasteiger charge is -2.29. The Morgan fingerprint density at radius 1 is 1.33 bits per heavy atom. The van der Waals surface area contributed by atoms with E-state index in [0.29, 0.717) is 11.7 Å². The number of amides is 1. The number of hydrogen-bond acceptors (Lipinski definition) is 4. The summed E-state index contributed by atoms with van der Waals surface area (Å²) in [5, 5.41) is 1.04. The molecule has 1 aliphatic heterocycles. The number of fused-ring (bicyclic) bond motifs is 1. The summed E-state index contributed by atoms with van der Waals surface area (Å²) in [7, 11) is 3.97. The first kappa shape index (κ1) is 16.7. The molecule has 0 saturated carbocycles. The van der Waals surface area contributed by atoms with Crippen molar-refractivity contribution in [2.75, 3.05) is 33.7 Å². The molecule has 2 heterocycles. The number of carbonyl (C=O) groups excluding carboxylic acids is 1. The molecular weight excluding hydrogens is 302 g/mol. The van der Waals surface area contributed by atoms with E-state index in [1.807, 2.05) is 24.3 Å². The molecule has 1 amide bonds. The van der Waals surface area contributed by atoms with Gasteiger partial charge in [-0.15, -0.1) is 0 Å². The van der Waals surface area contributed by atoms with Crippen LogP contribution in [0.15, 0.2) is 36.5 Å². The molecule has 5 nitrogen and oxygen atoms in total. The summed E-state index contributed by atoms with van der Waals surface area (Å²) >= 11 is 0. The van der Waals surface area contributed by atoms with Crippen LogP contribution in [-0.2, 0) is 0 Å². The first-order valence-corrected chi connectivity index (χ1v) is 8.58. The monoisotopic (exact) mass is 327 g/mol. The van der Waals surface area contributed by atoms with Crippen LogP contribution in [0, 0.1) is 5.92 Å². The van der Waals surface area contributed by atoms with Crippen LogP contribution in [0.3, 0.4) is 0 Å². The third-order valence-electron chi connectivity index (χ3n) is 4.81. The number of hydrogen-bond donors (Lipinski definition) is 0. The fourth-order valence-corrected chi connectivity index (χ4v) is 3.11. The molecule has 1 fully saturated rings. The Labute approximate surface area is 143 Å². The molecule has 1 saturated heterocycles. The van der Waals surface area contributed by atoms with Crippen LogP contribution in [0.4, 0.5) is 4.79 Å². The average molecular weight is 327 g/mol. The molecule has 1 aliphatic rings. The van der Waals surface area contributed by atoms with Gasteiger partial charge in [-0.3, -0.25) is 4.98 Å². The lowest BCUT2D eigenvalue weighted by molar-refractivity contribution is 0.153. The summed E-state index contributed by atoms with van der Waals surface area (Å²) in [5.74, 6) is 1.25. The molecule has 0 atom stereocenters. The van der Waals surface area contributed by atoms with Crippen LogP contribution in [0.1, 0.15) is 19.3 Å². The quantitative estimate of drug-likeness (QED) is 0.863. The number of aromatic nitrogens is 1. The zero-order chi connectivity index (χ0) is 16.9. The van der Waals surface area contributed by atoms with Crippen molar-refractivity contribution in [3.63, 3.8) is 0 Å². The average Bonchev–Trinajstić information content (AvgIpc) is 2.61. The molecule has 0 spiro atoms. The second-order valence-corrected chi connectivity index (χ2v) is 6.68. The van der Waals surface area contributed by atoms with Gasteiger partial charge in [0.2, 0.25) is 0 Å². The van der Waals surface area contributed by atoms with Gasteiger partial charge in [-0.25, -0.2) is 4.79 Å². The fraction of sp³-hybridized carbons (Fsp3) is 0.474. The lowest BCUT2D eigenvalue weighted by Crippen LogP contribution is -2.34. The van der Waals surface area contributed by atoms with Gasteiger partial charge >= 0.3 is 6.09 Å². The number of benzene rings is 1. The molecule has 0 N–H and O–H groups in total. The molecule has 1 aromatic carbocycles. The standard InChI is InChI=1S/C19H25N3O2/c1-21-11-7-15(8-12-21)9-13-22(2)19(23)24-17-6-5-16-4-3-10-20-18(16)14-17/h3-6,10,14-15H,7-9,11-13H2,1-2H3. The molecule has 3 rings (SSSR count). The van der Waals surface area contributed by atoms with Gasteiger partial charge < -0.3 is 14.5 Å². The number of pyridine rings is 1. The van der Waals surface area contributed by atoms with Crippen LogP contribution in [0.2, 0.25) is 0 Å². The molecule has 128 valence electrons. The second-order valence-electron chi connectivity index (χ2n) is 6.68. The van der Waals surface area contributed by atoms with Crippen LogP contribution in [0.5, 0.6) is 5.75 Å². The predicted octanol–water partition coefficient (Wildman–Crippen LogP) is 3.40. The zero-order valence-corrected chi connectivity index (χ0v) is 14.4. The molecule has 5 heteroatoms. The van der Waals surface area contributed by atoms with Crippen molar-refractivity contribution < 1.29 is 9.53 Å². The van der Waals surface area contributed by atoms with E-state index in [4.69, 9.17) is 4.74 Å². The van der Waals surface area contributed by atoms with Crippen LogP contribution in [0.25, 0.3) is 10.9 Å². The lowest BCUT2D eigenvalue weighted by atomic mass is 9.94. The maximum atomic E-state index is 12.2. The number of rotatable bonds is 4. The maximum Gasteiger partial charge on any atom is 0.414 e. The van der Waals surface area contributed by atoms with Crippen molar-refractivity contribution >= 4 is 17.0 Å². The Bertz CT molecular complexity index is 696. The second kappa shape index (κ2) is 7.62. The highest BCUT2D eigenvalue weighted by Crippen LogP contribution is 2.21. The van der Waals surface area contributed by atoms with Gasteiger partial charge in [-0.05, 0) is 63.5 Å². The van der Waals surface area contributed by atoms with Crippen LogP contribution < -0.4 is 4.74 Å². The number of ether oxygens (including phenoxy) is 1. The highest BCUT2D eigenvalue weighted by atomic mass is 16.6. The molecule has 1 aromatic heterocycles. The largest absolute Gasteiger partial charge is 0.414 e. The van der Waals surface area contributed by atoms with Crippen molar-refractivity contribution in [3.8, 4) is 5.75 Å². The summed E-state index contributed by atoms with van der Waals surface area (Å²) < 4.78 is 5.48. The Balaban J connectivity index is 1.51. The number of likely N-dealkylation sites (tertiary alicyclic amines) is 1. The van der Waals surface area contributed by atoms with Crippen molar-refractivity contribution in [2.45, 2.75) is 19.3 Å². The molecule has 2 aromatic rings. The van der Waals surface area contributed by atoms with E-state index in [-0.39, 0.29) is 6.09 Å². The normalized spacial score (nSPS) is 16.2. The minimum atomic E-state index is -0.307. The van der Waals surface area contributed by atoms with Gasteiger partial charge in [0.05, 0.1) is 5.52 Å². The highest BCUT2D eigenvalue weighted by molar-refractivity contribution is 5.81. The van der Waals surface area contributed by atoms with E-state index >= 15 is 0 Å². The Kier molecular flexibility index (Phi) is 5.30. The SMILES string of the molecule is CN1CCC(CCN(C)C(=O)Oc2ccc3cccnc3c2)CC1. The summed E-state index contributed by atoms with van der Waals surface area (Å²) in [4.78, 5) is 20.6. The van der Waals surface area contributed by atoms with E-state index < -0.39 is 0 Å². The smallest absolute Gasteiger partial charge is 0.410 e. The van der Waals surface area contributed by atoms with Crippen molar-refractivity contribution in [2.24, 2.45) is 5.92 Å². The summed E-state index contributed by atoms with van der Waals surface area (Å²) in [6.07, 6.45) is 4.91. The van der Waals surface area contributed by atoms with Crippen LogP contribution in [-0.4, -0.2) is 54.6 Å². The number of piperidine rings is 1. The third kappa shape index (κ3) is 4.23. The minimum absolute atomic E-state index is 0.307. The first-order valence-electron chi connectivity index (χ1n) is 8.58. The molecular formula is C19H25N3O2. The van der Waals surface area contributed by atoms with Gasteiger partial charge in [-0.1, -0.05) is 6.07 Å². The van der Waals surface area contributed by atoms with E-state index in [2.05, 4.69) is 16.9 Å². The van der Waals surface area contributed by atoms with E-state index in [0.717, 1.165) is 37.0 Å². The molecule has 0 aliphatic carbocycles. The molecule has 0 unspecified atom stereocenters. The molecule has 0 bridgehead atoms. The van der Waals surface area contributed by atoms with E-state index in [9.17, 15) is 4.79 Å². The summed E-state index contributed by atoms with van der Waals surface area (Å²) in [5.41, 5.74) is 0.830. The maximum absolute atomic E-state index is 12.2. The molecule has 0 radical (unpaired) electrons. The Morgan fingerprint density at radius 3 is 2.92 bits per heavy atom. The number of carbonyl (C=O) groups is 1. The summed E-state index contributed by atoms with van der Waals surface area (Å²) in [6.45, 7) is 3.05. The van der Waals surface area contributed by atoms with Crippen molar-refractivity contribution in [1.82, 2.24) is 14.8 Å². The fourth-order valence-electron chi connectivity index (χ4n) is 3.11. The van der Waals surface area contributed by atoms with Crippen molar-refractivity contribution in [3.05, 3.63) is 36.5 Å². The summed E-state index contributed by atoms with van der Waals surface area (Å²) in [6, 6.07) is 9.42. The van der Waals surface area contributed by atoms with Gasteiger partial charge in [0.15, 0.2) is 0 Å². The minimum Gasteiger partial charge on any atom is -0.410 e.